The summed E-state index contributed by atoms with van der Waals surface area (Å²) in [5.41, 5.74) is 1.02. The van der Waals surface area contributed by atoms with Crippen LogP contribution >= 0.6 is 23.2 Å². The van der Waals surface area contributed by atoms with E-state index < -0.39 is 11.9 Å². The molecule has 0 aliphatic rings. The number of hydrogen-bond acceptors (Lipinski definition) is 5. The van der Waals surface area contributed by atoms with E-state index in [1.54, 1.807) is 6.92 Å². The van der Waals surface area contributed by atoms with Crippen LogP contribution in [0.4, 0.5) is 5.69 Å². The summed E-state index contributed by atoms with van der Waals surface area (Å²) in [5.74, 6) is 1.43. The number of terminal acetylenes is 1. The van der Waals surface area contributed by atoms with Gasteiger partial charge in [0.15, 0.2) is 5.75 Å². The van der Waals surface area contributed by atoms with Gasteiger partial charge in [-0.05, 0) is 55.0 Å². The average molecular weight is 443 g/mol. The molecule has 0 aliphatic carbocycles. The lowest BCUT2D eigenvalue weighted by Crippen LogP contribution is -2.13. The van der Waals surface area contributed by atoms with Crippen molar-refractivity contribution in [3.05, 3.63) is 63.1 Å². The predicted molar refractivity (Wildman–Crippen MR) is 115 cm³/mol. The Morgan fingerprint density at radius 2 is 1.83 bits per heavy atom. The van der Waals surface area contributed by atoms with Crippen LogP contribution in [-0.2, 0) is 9.53 Å². The van der Waals surface area contributed by atoms with Crippen LogP contribution in [0.3, 0.4) is 0 Å². The molecule has 0 saturated heterocycles. The molecule has 0 fully saturated rings. The number of ether oxygens (including phenoxy) is 2. The van der Waals surface area contributed by atoms with Crippen molar-refractivity contribution >= 4 is 46.8 Å². The largest absolute Gasteiger partial charge is 0.478 e. The van der Waals surface area contributed by atoms with Crippen LogP contribution in [0.2, 0.25) is 10.0 Å². The van der Waals surface area contributed by atoms with Gasteiger partial charge in [0.2, 0.25) is 0 Å². The van der Waals surface area contributed by atoms with Gasteiger partial charge in [-0.3, -0.25) is 4.79 Å². The van der Waals surface area contributed by atoms with E-state index in [4.69, 9.17) is 39.1 Å². The van der Waals surface area contributed by atoms with E-state index in [2.05, 4.69) is 11.2 Å². The lowest BCUT2D eigenvalue weighted by Gasteiger charge is -2.09. The highest BCUT2D eigenvalue weighted by Gasteiger charge is 2.13. The fourth-order valence-electron chi connectivity index (χ4n) is 2.33. The first-order valence-electron chi connectivity index (χ1n) is 8.65. The van der Waals surface area contributed by atoms with Crippen molar-refractivity contribution in [2.75, 3.05) is 18.5 Å². The molecule has 0 saturated carbocycles. The van der Waals surface area contributed by atoms with Gasteiger partial charge < -0.3 is 14.8 Å². The Hall–Kier alpha value is -3.45. The quantitative estimate of drug-likeness (QED) is 0.289. The van der Waals surface area contributed by atoms with Crippen LogP contribution in [0.15, 0.2) is 42.0 Å². The smallest absolute Gasteiger partial charge is 0.338 e. The molecular weight excluding hydrogens is 427 g/mol. The number of amides is 1. The zero-order valence-electron chi connectivity index (χ0n) is 15.9. The van der Waals surface area contributed by atoms with Gasteiger partial charge in [0.1, 0.15) is 18.2 Å². The lowest BCUT2D eigenvalue weighted by molar-refractivity contribution is -0.112. The van der Waals surface area contributed by atoms with Gasteiger partial charge >= 0.3 is 5.97 Å². The van der Waals surface area contributed by atoms with Crippen molar-refractivity contribution in [1.29, 1.82) is 5.26 Å². The molecule has 0 atom stereocenters. The molecule has 0 radical (unpaired) electrons. The molecule has 1 amide bonds. The van der Waals surface area contributed by atoms with Gasteiger partial charge in [-0.1, -0.05) is 29.1 Å². The maximum Gasteiger partial charge on any atom is 0.338 e. The summed E-state index contributed by atoms with van der Waals surface area (Å²) in [6.07, 6.45) is 6.49. The molecule has 1 N–H and O–H groups in total. The van der Waals surface area contributed by atoms with E-state index in [9.17, 15) is 14.9 Å². The maximum atomic E-state index is 12.4. The highest BCUT2D eigenvalue weighted by molar-refractivity contribution is 6.37. The third-order valence-corrected chi connectivity index (χ3v) is 4.21. The Bertz CT molecular complexity index is 1040. The molecule has 2 aromatic carbocycles. The lowest BCUT2D eigenvalue weighted by atomic mass is 10.1. The number of rotatable bonds is 7. The van der Waals surface area contributed by atoms with E-state index in [0.29, 0.717) is 16.8 Å². The van der Waals surface area contributed by atoms with Crippen molar-refractivity contribution in [1.82, 2.24) is 0 Å². The van der Waals surface area contributed by atoms with E-state index in [-0.39, 0.29) is 34.6 Å². The molecule has 0 unspecified atom stereocenters. The van der Waals surface area contributed by atoms with Crippen molar-refractivity contribution < 1.29 is 19.1 Å². The van der Waals surface area contributed by atoms with Gasteiger partial charge in [-0.25, -0.2) is 4.79 Å². The number of nitrogens with zero attached hydrogens (tertiary/aromatic N) is 1. The zero-order valence-corrected chi connectivity index (χ0v) is 17.4. The predicted octanol–water partition coefficient (Wildman–Crippen LogP) is 4.73. The van der Waals surface area contributed by atoms with Gasteiger partial charge in [0.05, 0.1) is 22.2 Å². The fraction of sp³-hybridized carbons (Fsp3) is 0.136. The minimum Gasteiger partial charge on any atom is -0.478 e. The highest BCUT2D eigenvalue weighted by atomic mass is 35.5. The Balaban J connectivity index is 2.18. The van der Waals surface area contributed by atoms with Crippen LogP contribution < -0.4 is 10.1 Å². The molecule has 0 heterocycles. The summed E-state index contributed by atoms with van der Waals surface area (Å²) < 4.78 is 10.2. The van der Waals surface area contributed by atoms with Crippen LogP contribution in [0.1, 0.15) is 22.8 Å². The second kappa shape index (κ2) is 10.9. The van der Waals surface area contributed by atoms with Gasteiger partial charge in [-0.15, -0.1) is 6.42 Å². The van der Waals surface area contributed by atoms with Crippen molar-refractivity contribution in [2.45, 2.75) is 6.92 Å². The Kier molecular flexibility index (Phi) is 8.31. The molecule has 152 valence electrons. The van der Waals surface area contributed by atoms with Crippen molar-refractivity contribution in [2.24, 2.45) is 0 Å². The molecule has 30 heavy (non-hydrogen) atoms. The van der Waals surface area contributed by atoms with Gasteiger partial charge in [0.25, 0.3) is 5.91 Å². The van der Waals surface area contributed by atoms with Gasteiger partial charge in [-0.2, -0.15) is 5.26 Å². The number of nitrogens with one attached hydrogen (secondary N) is 1. The van der Waals surface area contributed by atoms with E-state index in [1.807, 2.05) is 6.07 Å². The third kappa shape index (κ3) is 6.02. The zero-order chi connectivity index (χ0) is 22.1. The first-order chi connectivity index (χ1) is 14.4. The first-order valence-corrected chi connectivity index (χ1v) is 9.40. The summed E-state index contributed by atoms with van der Waals surface area (Å²) in [7, 11) is 0. The van der Waals surface area contributed by atoms with E-state index in [1.165, 1.54) is 42.5 Å². The Morgan fingerprint density at radius 3 is 2.37 bits per heavy atom. The highest BCUT2D eigenvalue weighted by Crippen LogP contribution is 2.34. The van der Waals surface area contributed by atoms with Crippen LogP contribution in [0, 0.1) is 23.7 Å². The number of anilines is 1. The second-order valence-corrected chi connectivity index (χ2v) is 6.54. The van der Waals surface area contributed by atoms with Crippen LogP contribution in [0.25, 0.3) is 6.08 Å². The molecule has 2 rings (SSSR count). The number of carbonyl (C=O) groups is 2. The minimum atomic E-state index is -0.638. The number of esters is 1. The van der Waals surface area contributed by atoms with Crippen LogP contribution in [-0.4, -0.2) is 25.1 Å². The summed E-state index contributed by atoms with van der Waals surface area (Å²) in [4.78, 5) is 24.1. The molecule has 0 bridgehead atoms. The summed E-state index contributed by atoms with van der Waals surface area (Å²) in [6.45, 7) is 1.97. The molecule has 0 spiro atoms. The number of benzene rings is 2. The van der Waals surface area contributed by atoms with Crippen molar-refractivity contribution in [3.63, 3.8) is 0 Å². The molecular formula is C22H16Cl2N2O4. The summed E-state index contributed by atoms with van der Waals surface area (Å²) in [5, 5.41) is 12.3. The standard InChI is InChI=1S/C22H16Cl2N2O4/c1-3-9-30-20-18(23)11-14(12-19(20)24)10-16(13-25)21(27)26-17-7-5-15(6-8-17)22(28)29-4-2/h1,5-8,10-12H,4,9H2,2H3,(H,26,27)/b16-10+. The molecule has 0 aliphatic heterocycles. The number of nitriles is 1. The summed E-state index contributed by atoms with van der Waals surface area (Å²) >= 11 is 12.3. The molecule has 0 aromatic heterocycles. The summed E-state index contributed by atoms with van der Waals surface area (Å²) in [6, 6.07) is 10.9. The SMILES string of the molecule is C#CCOc1c(Cl)cc(/C=C(\C#N)C(=O)Nc2ccc(C(=O)OCC)cc2)cc1Cl. The van der Waals surface area contributed by atoms with Crippen LogP contribution in [0.5, 0.6) is 5.75 Å². The average Bonchev–Trinajstić information content (AvgIpc) is 2.72. The van der Waals surface area contributed by atoms with E-state index >= 15 is 0 Å². The Morgan fingerprint density at radius 1 is 1.20 bits per heavy atom. The topological polar surface area (TPSA) is 88.4 Å². The van der Waals surface area contributed by atoms with Crippen molar-refractivity contribution in [3.8, 4) is 24.2 Å². The van der Waals surface area contributed by atoms with Gasteiger partial charge in [0, 0.05) is 5.69 Å². The molecule has 2 aromatic rings. The van der Waals surface area contributed by atoms with E-state index in [0.717, 1.165) is 0 Å². The Labute approximate surface area is 184 Å². The second-order valence-electron chi connectivity index (χ2n) is 5.73. The number of hydrogen-bond donors (Lipinski definition) is 1. The fourth-order valence-corrected chi connectivity index (χ4v) is 2.95. The third-order valence-electron chi connectivity index (χ3n) is 3.65. The molecule has 8 heteroatoms. The molecule has 6 nitrogen and oxygen atoms in total. The first kappa shape index (κ1) is 22.8. The minimum absolute atomic E-state index is 0.00453. The monoisotopic (exact) mass is 442 g/mol. The number of carbonyl (C=O) groups excluding carboxylic acids is 2. The normalized spacial score (nSPS) is 10.5. The maximum absolute atomic E-state index is 12.4. The number of halogens is 2.